The van der Waals surface area contributed by atoms with Gasteiger partial charge in [0, 0.05) is 13.1 Å². The summed E-state index contributed by atoms with van der Waals surface area (Å²) in [4.78, 5) is 13.6. The van der Waals surface area contributed by atoms with Gasteiger partial charge < -0.3 is 15.7 Å². The maximum Gasteiger partial charge on any atom is 0.239 e. The molecule has 17 heavy (non-hydrogen) atoms. The fourth-order valence-electron chi connectivity index (χ4n) is 1.60. The fraction of sp³-hybridized carbons (Fsp3) is 0.462. The summed E-state index contributed by atoms with van der Waals surface area (Å²) in [6.45, 7) is 2.65. The summed E-state index contributed by atoms with van der Waals surface area (Å²) in [5.74, 6) is -0.106. The maximum absolute atomic E-state index is 12.0. The molecule has 4 nitrogen and oxygen atoms in total. The molecule has 1 aromatic carbocycles. The molecule has 4 heteroatoms. The molecule has 0 fully saturated rings. The van der Waals surface area contributed by atoms with Crippen molar-refractivity contribution in [2.24, 2.45) is 5.73 Å². The van der Waals surface area contributed by atoms with Crippen LogP contribution in [0.1, 0.15) is 18.9 Å². The molecule has 0 aliphatic heterocycles. The van der Waals surface area contributed by atoms with E-state index >= 15 is 0 Å². The topological polar surface area (TPSA) is 66.6 Å². The van der Waals surface area contributed by atoms with Crippen LogP contribution in [0.5, 0.6) is 0 Å². The van der Waals surface area contributed by atoms with Crippen LogP contribution in [0.25, 0.3) is 0 Å². The van der Waals surface area contributed by atoms with E-state index in [1.54, 1.807) is 4.90 Å². The van der Waals surface area contributed by atoms with E-state index in [9.17, 15) is 4.79 Å². The molecule has 0 radical (unpaired) electrons. The van der Waals surface area contributed by atoms with E-state index in [0.717, 1.165) is 5.56 Å². The number of nitrogens with zero attached hydrogens (tertiary/aromatic N) is 1. The molecule has 0 heterocycles. The predicted octanol–water partition coefficient (Wildman–Crippen LogP) is 0.745. The van der Waals surface area contributed by atoms with Crippen molar-refractivity contribution < 1.29 is 9.90 Å². The summed E-state index contributed by atoms with van der Waals surface area (Å²) in [7, 11) is 0. The van der Waals surface area contributed by atoms with Gasteiger partial charge in [-0.2, -0.15) is 0 Å². The summed E-state index contributed by atoms with van der Waals surface area (Å²) in [6.07, 6.45) is 0.607. The highest BCUT2D eigenvalue weighted by Crippen LogP contribution is 2.06. The van der Waals surface area contributed by atoms with Crippen molar-refractivity contribution in [2.75, 3.05) is 13.2 Å². The first-order valence-corrected chi connectivity index (χ1v) is 5.88. The quantitative estimate of drug-likeness (QED) is 0.765. The van der Waals surface area contributed by atoms with Crippen molar-refractivity contribution in [1.82, 2.24) is 4.90 Å². The SMILES string of the molecule is CC[C@@H](N)C(=O)N(CCO)Cc1ccccc1. The highest BCUT2D eigenvalue weighted by atomic mass is 16.3. The summed E-state index contributed by atoms with van der Waals surface area (Å²) in [5, 5.41) is 8.98. The van der Waals surface area contributed by atoms with Gasteiger partial charge in [0.25, 0.3) is 0 Å². The van der Waals surface area contributed by atoms with E-state index in [0.29, 0.717) is 19.5 Å². The molecule has 0 saturated carbocycles. The smallest absolute Gasteiger partial charge is 0.239 e. The minimum atomic E-state index is -0.481. The summed E-state index contributed by atoms with van der Waals surface area (Å²) < 4.78 is 0. The Morgan fingerprint density at radius 2 is 2.06 bits per heavy atom. The molecule has 0 aliphatic carbocycles. The number of nitrogens with two attached hydrogens (primary N) is 1. The number of aliphatic hydroxyl groups is 1. The third-order valence-corrected chi connectivity index (χ3v) is 2.65. The van der Waals surface area contributed by atoms with Crippen LogP contribution in [0.15, 0.2) is 30.3 Å². The van der Waals surface area contributed by atoms with E-state index in [1.807, 2.05) is 37.3 Å². The van der Waals surface area contributed by atoms with Crippen LogP contribution in [0.3, 0.4) is 0 Å². The summed E-state index contributed by atoms with van der Waals surface area (Å²) in [5.41, 5.74) is 6.77. The van der Waals surface area contributed by atoms with E-state index in [2.05, 4.69) is 0 Å². The number of carbonyl (C=O) groups is 1. The largest absolute Gasteiger partial charge is 0.395 e. The first kappa shape index (κ1) is 13.7. The van der Waals surface area contributed by atoms with Crippen LogP contribution in [0.2, 0.25) is 0 Å². The Morgan fingerprint density at radius 3 is 2.59 bits per heavy atom. The molecule has 0 aliphatic rings. The first-order valence-electron chi connectivity index (χ1n) is 5.88. The van der Waals surface area contributed by atoms with E-state index in [-0.39, 0.29) is 12.5 Å². The lowest BCUT2D eigenvalue weighted by Gasteiger charge is -2.24. The van der Waals surface area contributed by atoms with Crippen molar-refractivity contribution in [3.63, 3.8) is 0 Å². The Hall–Kier alpha value is -1.39. The van der Waals surface area contributed by atoms with E-state index < -0.39 is 6.04 Å². The first-order chi connectivity index (χ1) is 8.19. The van der Waals surface area contributed by atoms with Crippen molar-refractivity contribution >= 4 is 5.91 Å². The van der Waals surface area contributed by atoms with E-state index in [1.165, 1.54) is 0 Å². The Morgan fingerprint density at radius 1 is 1.41 bits per heavy atom. The molecule has 94 valence electrons. The third kappa shape index (κ3) is 4.17. The Balaban J connectivity index is 2.69. The number of amides is 1. The molecule has 0 saturated heterocycles. The monoisotopic (exact) mass is 236 g/mol. The average molecular weight is 236 g/mol. The summed E-state index contributed by atoms with van der Waals surface area (Å²) in [6, 6.07) is 9.21. The normalized spacial score (nSPS) is 12.2. The molecule has 1 aromatic rings. The number of rotatable bonds is 6. The van der Waals surface area contributed by atoms with Gasteiger partial charge in [-0.3, -0.25) is 4.79 Å². The lowest BCUT2D eigenvalue weighted by atomic mass is 10.1. The fourth-order valence-corrected chi connectivity index (χ4v) is 1.60. The Labute approximate surface area is 102 Å². The number of hydrogen-bond acceptors (Lipinski definition) is 3. The van der Waals surface area contributed by atoms with Crippen molar-refractivity contribution in [2.45, 2.75) is 25.9 Å². The van der Waals surface area contributed by atoms with Gasteiger partial charge in [-0.1, -0.05) is 37.3 Å². The lowest BCUT2D eigenvalue weighted by Crippen LogP contribution is -2.44. The maximum atomic E-state index is 12.0. The number of hydrogen-bond donors (Lipinski definition) is 2. The molecule has 3 N–H and O–H groups in total. The van der Waals surface area contributed by atoms with Gasteiger partial charge in [0.15, 0.2) is 0 Å². The third-order valence-electron chi connectivity index (χ3n) is 2.65. The highest BCUT2D eigenvalue weighted by molar-refractivity contribution is 5.81. The van der Waals surface area contributed by atoms with Crippen LogP contribution >= 0.6 is 0 Å². The van der Waals surface area contributed by atoms with Crippen LogP contribution in [0.4, 0.5) is 0 Å². The molecule has 1 rings (SSSR count). The van der Waals surface area contributed by atoms with Crippen LogP contribution in [-0.2, 0) is 11.3 Å². The molecule has 0 unspecified atom stereocenters. The van der Waals surface area contributed by atoms with Crippen LogP contribution in [-0.4, -0.2) is 35.1 Å². The van der Waals surface area contributed by atoms with E-state index in [4.69, 9.17) is 10.8 Å². The Kier molecular flexibility index (Phi) is 5.66. The average Bonchev–Trinajstić information content (AvgIpc) is 2.37. The zero-order chi connectivity index (χ0) is 12.7. The van der Waals surface area contributed by atoms with Gasteiger partial charge in [0.1, 0.15) is 0 Å². The second-order valence-electron chi connectivity index (χ2n) is 3.98. The standard InChI is InChI=1S/C13H20N2O2/c1-2-12(14)13(17)15(8-9-16)10-11-6-4-3-5-7-11/h3-7,12,16H,2,8-10,14H2,1H3/t12-/m1/s1. The molecule has 1 amide bonds. The van der Waals surface area contributed by atoms with Crippen molar-refractivity contribution in [3.05, 3.63) is 35.9 Å². The molecule has 0 aromatic heterocycles. The molecular weight excluding hydrogens is 216 g/mol. The van der Waals surface area contributed by atoms with Crippen molar-refractivity contribution in [3.8, 4) is 0 Å². The second-order valence-corrected chi connectivity index (χ2v) is 3.98. The van der Waals surface area contributed by atoms with Crippen LogP contribution in [0, 0.1) is 0 Å². The van der Waals surface area contributed by atoms with Gasteiger partial charge in [-0.15, -0.1) is 0 Å². The zero-order valence-electron chi connectivity index (χ0n) is 10.2. The number of benzene rings is 1. The number of aliphatic hydroxyl groups excluding tert-OH is 1. The van der Waals surface area contributed by atoms with Crippen molar-refractivity contribution in [1.29, 1.82) is 0 Å². The predicted molar refractivity (Wildman–Crippen MR) is 67.2 cm³/mol. The molecular formula is C13H20N2O2. The highest BCUT2D eigenvalue weighted by Gasteiger charge is 2.19. The van der Waals surface area contributed by atoms with Gasteiger partial charge in [-0.05, 0) is 12.0 Å². The minimum absolute atomic E-state index is 0.0466. The minimum Gasteiger partial charge on any atom is -0.395 e. The molecule has 0 bridgehead atoms. The van der Waals surface area contributed by atoms with Gasteiger partial charge in [-0.25, -0.2) is 0 Å². The zero-order valence-corrected chi connectivity index (χ0v) is 10.2. The van der Waals surface area contributed by atoms with Gasteiger partial charge in [0.05, 0.1) is 12.6 Å². The van der Waals surface area contributed by atoms with Crippen LogP contribution < -0.4 is 5.73 Å². The second kappa shape index (κ2) is 7.04. The number of carbonyl (C=O) groups excluding carboxylic acids is 1. The molecule has 1 atom stereocenters. The van der Waals surface area contributed by atoms with Gasteiger partial charge in [0.2, 0.25) is 5.91 Å². The Bertz CT molecular complexity index is 341. The van der Waals surface area contributed by atoms with Gasteiger partial charge >= 0.3 is 0 Å². The summed E-state index contributed by atoms with van der Waals surface area (Å²) >= 11 is 0. The molecule has 0 spiro atoms. The lowest BCUT2D eigenvalue weighted by molar-refractivity contribution is -0.133.